The molecule has 1 saturated heterocycles. The molecule has 0 atom stereocenters. The van der Waals surface area contributed by atoms with Gasteiger partial charge in [0.2, 0.25) is 5.91 Å². The molecule has 1 aliphatic rings. The van der Waals surface area contributed by atoms with E-state index in [1.807, 2.05) is 0 Å². The van der Waals surface area contributed by atoms with Gasteiger partial charge in [-0.15, -0.1) is 0 Å². The molecule has 1 amide bonds. The molecule has 2 rings (SSSR count). The van der Waals surface area contributed by atoms with Crippen LogP contribution in [-0.2, 0) is 11.2 Å². The van der Waals surface area contributed by atoms with E-state index < -0.39 is 11.6 Å². The van der Waals surface area contributed by atoms with E-state index in [0.717, 1.165) is 44.6 Å². The highest BCUT2D eigenvalue weighted by Gasteiger charge is 2.21. The van der Waals surface area contributed by atoms with Crippen LogP contribution in [0.2, 0.25) is 0 Å². The molecule has 1 aromatic rings. The number of nitrogens with zero attached hydrogens (tertiary/aromatic N) is 1. The number of hydrogen-bond acceptors (Lipinski definition) is 3. The summed E-state index contributed by atoms with van der Waals surface area (Å²) in [5, 5.41) is 2.85. The predicted octanol–water partition coefficient (Wildman–Crippen LogP) is 1.05. The summed E-state index contributed by atoms with van der Waals surface area (Å²) in [6.45, 7) is 3.26. The second-order valence-corrected chi connectivity index (χ2v) is 5.35. The first-order valence-corrected chi connectivity index (χ1v) is 7.25. The summed E-state index contributed by atoms with van der Waals surface area (Å²) < 4.78 is 27.0. The predicted molar refractivity (Wildman–Crippen MR) is 76.7 cm³/mol. The minimum atomic E-state index is -0.678. The number of hydrogen-bond donors (Lipinski definition) is 2. The number of carbonyl (C=O) groups is 1. The number of halogens is 2. The zero-order valence-electron chi connectivity index (χ0n) is 11.9. The Bertz CT molecular complexity index is 468. The van der Waals surface area contributed by atoms with Gasteiger partial charge in [0.15, 0.2) is 0 Å². The van der Waals surface area contributed by atoms with Gasteiger partial charge in [0.25, 0.3) is 0 Å². The van der Waals surface area contributed by atoms with Crippen LogP contribution < -0.4 is 11.1 Å². The fourth-order valence-electron chi connectivity index (χ4n) is 2.62. The van der Waals surface area contributed by atoms with Crippen LogP contribution in [0.25, 0.3) is 0 Å². The SMILES string of the molecule is NCCN1CCC(NC(=O)Cc2c(F)cccc2F)CC1. The van der Waals surface area contributed by atoms with E-state index in [2.05, 4.69) is 10.2 Å². The largest absolute Gasteiger partial charge is 0.353 e. The van der Waals surface area contributed by atoms with Crippen LogP contribution in [0, 0.1) is 11.6 Å². The van der Waals surface area contributed by atoms with Crippen molar-refractivity contribution in [2.45, 2.75) is 25.3 Å². The lowest BCUT2D eigenvalue weighted by atomic mass is 10.0. The van der Waals surface area contributed by atoms with Gasteiger partial charge < -0.3 is 16.0 Å². The second-order valence-electron chi connectivity index (χ2n) is 5.35. The van der Waals surface area contributed by atoms with Crippen LogP contribution in [0.3, 0.4) is 0 Å². The van der Waals surface area contributed by atoms with Crippen molar-refractivity contribution in [3.05, 3.63) is 35.4 Å². The third kappa shape index (κ3) is 4.47. The maximum Gasteiger partial charge on any atom is 0.224 e. The fourth-order valence-corrected chi connectivity index (χ4v) is 2.62. The number of benzene rings is 1. The minimum absolute atomic E-state index is 0.0707. The normalized spacial score (nSPS) is 16.9. The molecule has 1 heterocycles. The molecule has 1 fully saturated rings. The van der Waals surface area contributed by atoms with E-state index in [-0.39, 0.29) is 23.9 Å². The van der Waals surface area contributed by atoms with Crippen molar-refractivity contribution >= 4 is 5.91 Å². The maximum absolute atomic E-state index is 13.5. The molecule has 0 saturated carbocycles. The molecule has 0 aromatic heterocycles. The van der Waals surface area contributed by atoms with Gasteiger partial charge in [0.05, 0.1) is 6.42 Å². The highest BCUT2D eigenvalue weighted by atomic mass is 19.1. The number of piperidine rings is 1. The van der Waals surface area contributed by atoms with Crippen LogP contribution >= 0.6 is 0 Å². The maximum atomic E-state index is 13.5. The summed E-state index contributed by atoms with van der Waals surface area (Å²) in [4.78, 5) is 14.2. The molecule has 1 aliphatic heterocycles. The Morgan fingerprint density at radius 1 is 1.29 bits per heavy atom. The molecule has 1 aromatic carbocycles. The number of nitrogens with one attached hydrogen (secondary N) is 1. The molecule has 0 bridgehead atoms. The summed E-state index contributed by atoms with van der Waals surface area (Å²) in [7, 11) is 0. The van der Waals surface area contributed by atoms with Crippen LogP contribution in [0.15, 0.2) is 18.2 Å². The van der Waals surface area contributed by atoms with Gasteiger partial charge in [-0.05, 0) is 25.0 Å². The van der Waals surface area contributed by atoms with E-state index in [4.69, 9.17) is 5.73 Å². The van der Waals surface area contributed by atoms with Crippen LogP contribution in [0.5, 0.6) is 0 Å². The lowest BCUT2D eigenvalue weighted by molar-refractivity contribution is -0.121. The first kappa shape index (κ1) is 15.9. The van der Waals surface area contributed by atoms with E-state index in [1.54, 1.807) is 0 Å². The number of carbonyl (C=O) groups excluding carboxylic acids is 1. The van der Waals surface area contributed by atoms with Gasteiger partial charge in [-0.1, -0.05) is 6.07 Å². The summed E-state index contributed by atoms with van der Waals surface area (Å²) in [6.07, 6.45) is 1.42. The van der Waals surface area contributed by atoms with Crippen molar-refractivity contribution in [3.63, 3.8) is 0 Å². The Morgan fingerprint density at radius 2 is 1.90 bits per heavy atom. The summed E-state index contributed by atoms with van der Waals surface area (Å²) in [5.41, 5.74) is 5.34. The molecule has 4 nitrogen and oxygen atoms in total. The zero-order valence-corrected chi connectivity index (χ0v) is 11.9. The fraction of sp³-hybridized carbons (Fsp3) is 0.533. The molecule has 0 unspecified atom stereocenters. The average molecular weight is 297 g/mol. The topological polar surface area (TPSA) is 58.4 Å². The van der Waals surface area contributed by atoms with Crippen molar-refractivity contribution in [3.8, 4) is 0 Å². The minimum Gasteiger partial charge on any atom is -0.353 e. The molecule has 116 valence electrons. The summed E-state index contributed by atoms with van der Waals surface area (Å²) in [5.74, 6) is -1.69. The van der Waals surface area contributed by atoms with Gasteiger partial charge in [-0.25, -0.2) is 8.78 Å². The molecular weight excluding hydrogens is 276 g/mol. The summed E-state index contributed by atoms with van der Waals surface area (Å²) in [6, 6.07) is 3.69. The number of amides is 1. The van der Waals surface area contributed by atoms with Crippen molar-refractivity contribution in [2.24, 2.45) is 5.73 Å². The van der Waals surface area contributed by atoms with Crippen LogP contribution in [0.4, 0.5) is 8.78 Å². The van der Waals surface area contributed by atoms with E-state index in [9.17, 15) is 13.6 Å². The smallest absolute Gasteiger partial charge is 0.224 e. The zero-order chi connectivity index (χ0) is 15.2. The van der Waals surface area contributed by atoms with Crippen molar-refractivity contribution < 1.29 is 13.6 Å². The summed E-state index contributed by atoms with van der Waals surface area (Å²) >= 11 is 0. The highest BCUT2D eigenvalue weighted by Crippen LogP contribution is 2.14. The first-order valence-electron chi connectivity index (χ1n) is 7.25. The van der Waals surface area contributed by atoms with Gasteiger partial charge in [0, 0.05) is 37.8 Å². The molecule has 3 N–H and O–H groups in total. The highest BCUT2D eigenvalue weighted by molar-refractivity contribution is 5.79. The Kier molecular flexibility index (Phi) is 5.64. The first-order chi connectivity index (χ1) is 10.1. The Labute approximate surface area is 123 Å². The monoisotopic (exact) mass is 297 g/mol. The standard InChI is InChI=1S/C15H21F2N3O/c16-13-2-1-3-14(17)12(13)10-15(21)19-11-4-7-20(8-5-11)9-6-18/h1-3,11H,4-10,18H2,(H,19,21). The molecule has 0 radical (unpaired) electrons. The second kappa shape index (κ2) is 7.47. The molecular formula is C15H21F2N3O. The Hall–Kier alpha value is -1.53. The van der Waals surface area contributed by atoms with E-state index in [0.29, 0.717) is 6.54 Å². The van der Waals surface area contributed by atoms with Gasteiger partial charge in [0.1, 0.15) is 11.6 Å². The molecule has 0 spiro atoms. The van der Waals surface area contributed by atoms with Gasteiger partial charge in [-0.3, -0.25) is 4.79 Å². The number of rotatable bonds is 5. The number of likely N-dealkylation sites (tertiary alicyclic amines) is 1. The van der Waals surface area contributed by atoms with E-state index in [1.165, 1.54) is 6.07 Å². The third-order valence-electron chi connectivity index (χ3n) is 3.80. The van der Waals surface area contributed by atoms with E-state index >= 15 is 0 Å². The number of nitrogens with two attached hydrogens (primary N) is 1. The molecule has 0 aliphatic carbocycles. The van der Waals surface area contributed by atoms with Crippen molar-refractivity contribution in [1.29, 1.82) is 0 Å². The quantitative estimate of drug-likeness (QED) is 0.854. The van der Waals surface area contributed by atoms with Gasteiger partial charge in [-0.2, -0.15) is 0 Å². The van der Waals surface area contributed by atoms with Crippen molar-refractivity contribution in [1.82, 2.24) is 10.2 Å². The lowest BCUT2D eigenvalue weighted by Crippen LogP contribution is -2.46. The van der Waals surface area contributed by atoms with Crippen molar-refractivity contribution in [2.75, 3.05) is 26.2 Å². The lowest BCUT2D eigenvalue weighted by Gasteiger charge is -2.32. The van der Waals surface area contributed by atoms with Gasteiger partial charge >= 0.3 is 0 Å². The van der Waals surface area contributed by atoms with Crippen LogP contribution in [0.1, 0.15) is 18.4 Å². The molecule has 21 heavy (non-hydrogen) atoms. The average Bonchev–Trinajstić information content (AvgIpc) is 2.45. The third-order valence-corrected chi connectivity index (χ3v) is 3.80. The molecule has 6 heteroatoms. The Morgan fingerprint density at radius 3 is 2.48 bits per heavy atom. The van der Waals surface area contributed by atoms with Crippen LogP contribution in [-0.4, -0.2) is 43.0 Å². The Balaban J connectivity index is 1.83.